The normalized spacial score (nSPS) is 38.8. The Hall–Kier alpha value is -0.780. The van der Waals surface area contributed by atoms with Crippen LogP contribution in [0.3, 0.4) is 0 Å². The number of carbonyl (C=O) groups excluding carboxylic acids is 1. The van der Waals surface area contributed by atoms with Gasteiger partial charge in [0.25, 0.3) is 0 Å². The lowest BCUT2D eigenvalue weighted by atomic mass is 9.93. The number of nitrogens with one attached hydrogen (secondary N) is 2. The molecule has 2 N–H and O–H groups in total. The predicted octanol–water partition coefficient (Wildman–Crippen LogP) is 2.47. The van der Waals surface area contributed by atoms with E-state index in [1.54, 1.807) is 0 Å². The van der Waals surface area contributed by atoms with Crippen LogP contribution >= 0.6 is 0 Å². The molecular weight excluding hydrogens is 269 g/mol. The van der Waals surface area contributed by atoms with Crippen LogP contribution in [0, 0.1) is 17.8 Å². The highest BCUT2D eigenvalue weighted by Gasteiger charge is 2.43. The van der Waals surface area contributed by atoms with Crippen LogP contribution in [-0.4, -0.2) is 30.7 Å². The Balaban J connectivity index is 1.81. The predicted molar refractivity (Wildman–Crippen MR) is 70.1 cm³/mol. The number of alkyl halides is 3. The third kappa shape index (κ3) is 3.45. The van der Waals surface area contributed by atoms with E-state index in [1.807, 2.05) is 0 Å². The standard InChI is InChI=1S/C14H23F3N2O/c1-8-3-5-11(9(8)2)19-13(20)12-6-4-10(7-18-12)14(15,16)17/h8-12,18H,3-7H2,1-2H3,(H,19,20). The maximum atomic E-state index is 12.6. The van der Waals surface area contributed by atoms with Gasteiger partial charge in [-0.15, -0.1) is 0 Å². The molecule has 5 unspecified atom stereocenters. The van der Waals surface area contributed by atoms with Gasteiger partial charge in [-0.3, -0.25) is 4.79 Å². The monoisotopic (exact) mass is 292 g/mol. The highest BCUT2D eigenvalue weighted by atomic mass is 19.4. The first-order valence-corrected chi connectivity index (χ1v) is 7.39. The lowest BCUT2D eigenvalue weighted by Gasteiger charge is -2.31. The summed E-state index contributed by atoms with van der Waals surface area (Å²) in [4.78, 5) is 12.1. The second-order valence-corrected chi connectivity index (χ2v) is 6.31. The van der Waals surface area contributed by atoms with Gasteiger partial charge in [-0.2, -0.15) is 13.2 Å². The summed E-state index contributed by atoms with van der Waals surface area (Å²) in [6.07, 6.45) is -1.81. The molecule has 20 heavy (non-hydrogen) atoms. The van der Waals surface area contributed by atoms with Crippen LogP contribution in [0.4, 0.5) is 13.2 Å². The molecule has 0 aromatic carbocycles. The van der Waals surface area contributed by atoms with Crippen molar-refractivity contribution < 1.29 is 18.0 Å². The van der Waals surface area contributed by atoms with Gasteiger partial charge in [0.2, 0.25) is 5.91 Å². The molecule has 1 saturated carbocycles. The van der Waals surface area contributed by atoms with Crippen molar-refractivity contribution in [3.8, 4) is 0 Å². The molecule has 6 heteroatoms. The van der Waals surface area contributed by atoms with Crippen LogP contribution in [-0.2, 0) is 4.79 Å². The molecule has 0 aromatic rings. The highest BCUT2D eigenvalue weighted by Crippen LogP contribution is 2.33. The van der Waals surface area contributed by atoms with Crippen molar-refractivity contribution in [3.63, 3.8) is 0 Å². The molecule has 3 nitrogen and oxygen atoms in total. The van der Waals surface area contributed by atoms with Crippen molar-refractivity contribution in [1.29, 1.82) is 0 Å². The van der Waals surface area contributed by atoms with Gasteiger partial charge >= 0.3 is 6.18 Å². The lowest BCUT2D eigenvalue weighted by Crippen LogP contribution is -2.53. The van der Waals surface area contributed by atoms with Crippen molar-refractivity contribution in [2.24, 2.45) is 17.8 Å². The van der Waals surface area contributed by atoms with Crippen molar-refractivity contribution in [2.75, 3.05) is 6.54 Å². The number of halogens is 3. The van der Waals surface area contributed by atoms with Gasteiger partial charge in [0, 0.05) is 12.6 Å². The number of carbonyl (C=O) groups is 1. The number of hydrogen-bond acceptors (Lipinski definition) is 2. The Bertz CT molecular complexity index is 351. The number of rotatable bonds is 2. The van der Waals surface area contributed by atoms with Gasteiger partial charge in [0.15, 0.2) is 0 Å². The molecule has 1 saturated heterocycles. The summed E-state index contributed by atoms with van der Waals surface area (Å²) < 4.78 is 37.7. The minimum absolute atomic E-state index is 0.0329. The first kappa shape index (κ1) is 15.6. The van der Waals surface area contributed by atoms with Crippen LogP contribution in [0.5, 0.6) is 0 Å². The molecule has 2 rings (SSSR count). The summed E-state index contributed by atoms with van der Waals surface area (Å²) in [6, 6.07) is -0.309. The topological polar surface area (TPSA) is 41.1 Å². The zero-order valence-corrected chi connectivity index (χ0v) is 12.0. The maximum absolute atomic E-state index is 12.6. The molecule has 0 radical (unpaired) electrons. The van der Waals surface area contributed by atoms with Gasteiger partial charge in [0.05, 0.1) is 12.0 Å². The van der Waals surface area contributed by atoms with E-state index in [0.29, 0.717) is 11.8 Å². The van der Waals surface area contributed by atoms with Gasteiger partial charge in [-0.05, 0) is 37.5 Å². The minimum atomic E-state index is -4.16. The third-order valence-corrected chi connectivity index (χ3v) is 4.99. The second kappa shape index (κ2) is 5.92. The summed E-state index contributed by atoms with van der Waals surface area (Å²) in [5.74, 6) is -0.437. The molecule has 2 aliphatic rings. The summed E-state index contributed by atoms with van der Waals surface area (Å²) in [5.41, 5.74) is 0. The highest BCUT2D eigenvalue weighted by molar-refractivity contribution is 5.82. The van der Waals surface area contributed by atoms with E-state index in [2.05, 4.69) is 24.5 Å². The second-order valence-electron chi connectivity index (χ2n) is 6.31. The average Bonchev–Trinajstić information content (AvgIpc) is 2.70. The molecule has 0 spiro atoms. The van der Waals surface area contributed by atoms with Crippen molar-refractivity contribution in [1.82, 2.24) is 10.6 Å². The molecule has 1 amide bonds. The molecular formula is C14H23F3N2O. The first-order chi connectivity index (χ1) is 9.29. The fourth-order valence-corrected chi connectivity index (χ4v) is 3.21. The van der Waals surface area contributed by atoms with Crippen molar-refractivity contribution >= 4 is 5.91 Å². The minimum Gasteiger partial charge on any atom is -0.352 e. The fraction of sp³-hybridized carbons (Fsp3) is 0.929. The lowest BCUT2D eigenvalue weighted by molar-refractivity contribution is -0.180. The molecule has 0 bridgehead atoms. The van der Waals surface area contributed by atoms with Crippen molar-refractivity contribution in [3.05, 3.63) is 0 Å². The molecule has 1 aliphatic carbocycles. The van der Waals surface area contributed by atoms with Gasteiger partial charge in [0.1, 0.15) is 0 Å². The molecule has 2 fully saturated rings. The fourth-order valence-electron chi connectivity index (χ4n) is 3.21. The summed E-state index contributed by atoms with van der Waals surface area (Å²) in [5, 5.41) is 5.74. The van der Waals surface area contributed by atoms with Crippen LogP contribution in [0.25, 0.3) is 0 Å². The third-order valence-electron chi connectivity index (χ3n) is 4.99. The van der Waals surface area contributed by atoms with Crippen LogP contribution in [0.1, 0.15) is 39.5 Å². The van der Waals surface area contributed by atoms with Crippen LogP contribution in [0.2, 0.25) is 0 Å². The van der Waals surface area contributed by atoms with E-state index in [4.69, 9.17) is 0 Å². The Labute approximate surface area is 117 Å². The zero-order valence-electron chi connectivity index (χ0n) is 12.0. The number of hydrogen-bond donors (Lipinski definition) is 2. The quantitative estimate of drug-likeness (QED) is 0.821. The Morgan fingerprint density at radius 2 is 1.85 bits per heavy atom. The van der Waals surface area contributed by atoms with E-state index < -0.39 is 18.1 Å². The smallest absolute Gasteiger partial charge is 0.352 e. The molecule has 5 atom stereocenters. The van der Waals surface area contributed by atoms with E-state index in [1.165, 1.54) is 0 Å². The van der Waals surface area contributed by atoms with Gasteiger partial charge in [-0.1, -0.05) is 13.8 Å². The van der Waals surface area contributed by atoms with E-state index >= 15 is 0 Å². The summed E-state index contributed by atoms with van der Waals surface area (Å²) in [7, 11) is 0. The van der Waals surface area contributed by atoms with E-state index in [9.17, 15) is 18.0 Å². The zero-order chi connectivity index (χ0) is 14.9. The van der Waals surface area contributed by atoms with Gasteiger partial charge < -0.3 is 10.6 Å². The summed E-state index contributed by atoms with van der Waals surface area (Å²) >= 11 is 0. The molecule has 116 valence electrons. The maximum Gasteiger partial charge on any atom is 0.393 e. The Kier molecular flexibility index (Phi) is 4.62. The molecule has 1 aliphatic heterocycles. The van der Waals surface area contributed by atoms with E-state index in [0.717, 1.165) is 12.8 Å². The molecule has 1 heterocycles. The van der Waals surface area contributed by atoms with Crippen molar-refractivity contribution in [2.45, 2.75) is 57.8 Å². The largest absolute Gasteiger partial charge is 0.393 e. The Morgan fingerprint density at radius 3 is 2.30 bits per heavy atom. The Morgan fingerprint density at radius 1 is 1.15 bits per heavy atom. The number of amides is 1. The van der Waals surface area contributed by atoms with Crippen LogP contribution in [0.15, 0.2) is 0 Å². The van der Waals surface area contributed by atoms with E-state index in [-0.39, 0.29) is 31.3 Å². The van der Waals surface area contributed by atoms with Crippen LogP contribution < -0.4 is 10.6 Å². The SMILES string of the molecule is CC1CCC(NC(=O)C2CCC(C(F)(F)F)CN2)C1C. The van der Waals surface area contributed by atoms with Gasteiger partial charge in [-0.25, -0.2) is 0 Å². The first-order valence-electron chi connectivity index (χ1n) is 7.39. The summed E-state index contributed by atoms with van der Waals surface area (Å²) in [6.45, 7) is 4.14. The molecule has 0 aromatic heterocycles. The number of piperidine rings is 1. The average molecular weight is 292 g/mol.